The van der Waals surface area contributed by atoms with E-state index >= 15 is 0 Å². The summed E-state index contributed by atoms with van der Waals surface area (Å²) in [4.78, 5) is 5.32. The first-order valence-electron chi connectivity index (χ1n) is 5.74. The van der Waals surface area contributed by atoms with Crippen LogP contribution in [0.1, 0.15) is 36.8 Å². The van der Waals surface area contributed by atoms with E-state index in [-0.39, 0.29) is 0 Å². The third-order valence-electron chi connectivity index (χ3n) is 2.72. The lowest BCUT2D eigenvalue weighted by atomic mass is 10.1. The fourth-order valence-electron chi connectivity index (χ4n) is 1.72. The number of hydrogen-bond donors (Lipinski definition) is 0. The zero-order valence-corrected chi connectivity index (χ0v) is 9.57. The number of benzene rings is 1. The molecule has 1 aliphatic rings. The zero-order chi connectivity index (χ0) is 11.2. The molecule has 1 radical (unpaired) electrons. The van der Waals surface area contributed by atoms with Crippen molar-refractivity contribution >= 4 is 6.21 Å². The molecule has 0 spiro atoms. The van der Waals surface area contributed by atoms with Gasteiger partial charge in [-0.1, -0.05) is 29.4 Å². The minimum Gasteiger partial charge on any atom is -0.361 e. The van der Waals surface area contributed by atoms with E-state index in [1.165, 1.54) is 12.8 Å². The molecule has 0 aromatic heterocycles. The summed E-state index contributed by atoms with van der Waals surface area (Å²) < 4.78 is 0. The molecular weight excluding hydrogens is 198 g/mol. The Morgan fingerprint density at radius 1 is 1.25 bits per heavy atom. The van der Waals surface area contributed by atoms with Crippen LogP contribution in [0.15, 0.2) is 41.3 Å². The second kappa shape index (κ2) is 5.50. The van der Waals surface area contributed by atoms with Crippen LogP contribution in [0, 0.1) is 6.92 Å². The van der Waals surface area contributed by atoms with E-state index in [9.17, 15) is 0 Å². The highest BCUT2D eigenvalue weighted by atomic mass is 16.6. The van der Waals surface area contributed by atoms with Crippen molar-refractivity contribution in [2.75, 3.05) is 0 Å². The van der Waals surface area contributed by atoms with E-state index in [1.807, 2.05) is 31.2 Å². The number of hydrogen-bond acceptors (Lipinski definition) is 2. The van der Waals surface area contributed by atoms with E-state index in [0.717, 1.165) is 29.7 Å². The Labute approximate surface area is 96.6 Å². The average molecular weight is 214 g/mol. The van der Waals surface area contributed by atoms with Gasteiger partial charge in [0.2, 0.25) is 0 Å². The quantitative estimate of drug-likeness (QED) is 0.555. The van der Waals surface area contributed by atoms with Crippen LogP contribution in [0.4, 0.5) is 0 Å². The Morgan fingerprint density at radius 3 is 2.88 bits per heavy atom. The van der Waals surface area contributed by atoms with Gasteiger partial charge in [0.15, 0.2) is 0 Å². The Bertz CT molecular complexity index is 407. The minimum absolute atomic E-state index is 0.979. The van der Waals surface area contributed by atoms with E-state index < -0.39 is 0 Å². The van der Waals surface area contributed by atoms with Crippen LogP contribution in [0.5, 0.6) is 0 Å². The maximum atomic E-state index is 5.32. The summed E-state index contributed by atoms with van der Waals surface area (Å²) >= 11 is 0. The number of nitrogens with zero attached hydrogens (tertiary/aromatic N) is 1. The molecule has 0 heterocycles. The Kier molecular flexibility index (Phi) is 3.76. The molecule has 0 saturated heterocycles. The lowest BCUT2D eigenvalue weighted by Gasteiger charge is -2.08. The predicted molar refractivity (Wildman–Crippen MR) is 65.4 cm³/mol. The van der Waals surface area contributed by atoms with Crippen LogP contribution in [0.3, 0.4) is 0 Å². The topological polar surface area (TPSA) is 21.6 Å². The summed E-state index contributed by atoms with van der Waals surface area (Å²) in [6, 6.07) is 8.00. The molecule has 1 aromatic rings. The van der Waals surface area contributed by atoms with E-state index in [4.69, 9.17) is 4.84 Å². The summed E-state index contributed by atoms with van der Waals surface area (Å²) in [5, 5.41) is 3.91. The van der Waals surface area contributed by atoms with Gasteiger partial charge < -0.3 is 4.84 Å². The predicted octanol–water partition coefficient (Wildman–Crippen LogP) is 3.68. The molecule has 83 valence electrons. The Morgan fingerprint density at radius 2 is 2.12 bits per heavy atom. The molecule has 0 N–H and O–H groups in total. The third-order valence-corrected chi connectivity index (χ3v) is 2.72. The molecule has 0 amide bonds. The van der Waals surface area contributed by atoms with Crippen LogP contribution in [0.2, 0.25) is 0 Å². The molecule has 2 nitrogen and oxygen atoms in total. The summed E-state index contributed by atoms with van der Waals surface area (Å²) in [5.41, 5.74) is 2.14. The molecule has 2 rings (SSSR count). The van der Waals surface area contributed by atoms with E-state index in [0.29, 0.717) is 0 Å². The van der Waals surface area contributed by atoms with Gasteiger partial charge in [-0.05, 0) is 37.8 Å². The van der Waals surface area contributed by atoms with Crippen molar-refractivity contribution < 1.29 is 4.84 Å². The monoisotopic (exact) mass is 214 g/mol. The van der Waals surface area contributed by atoms with Crippen molar-refractivity contribution in [1.82, 2.24) is 0 Å². The number of aryl methyl sites for hydroxylation is 1. The van der Waals surface area contributed by atoms with Gasteiger partial charge in [-0.25, -0.2) is 0 Å². The number of allylic oxidation sites excluding steroid dienone is 2. The molecule has 1 aliphatic carbocycles. The molecular formula is C14H16NO. The van der Waals surface area contributed by atoms with Crippen molar-refractivity contribution in [2.45, 2.75) is 32.6 Å². The van der Waals surface area contributed by atoms with Crippen LogP contribution < -0.4 is 0 Å². The lowest BCUT2D eigenvalue weighted by Crippen LogP contribution is -1.94. The van der Waals surface area contributed by atoms with Gasteiger partial charge in [0.05, 0.1) is 0 Å². The van der Waals surface area contributed by atoms with Gasteiger partial charge in [-0.2, -0.15) is 0 Å². The van der Waals surface area contributed by atoms with Gasteiger partial charge >= 0.3 is 0 Å². The molecule has 0 atom stereocenters. The molecule has 0 fully saturated rings. The van der Waals surface area contributed by atoms with Crippen molar-refractivity contribution in [1.29, 1.82) is 0 Å². The van der Waals surface area contributed by atoms with Crippen molar-refractivity contribution in [3.63, 3.8) is 0 Å². The van der Waals surface area contributed by atoms with Gasteiger partial charge in [-0.3, -0.25) is 0 Å². The van der Waals surface area contributed by atoms with Crippen LogP contribution in [-0.4, -0.2) is 6.21 Å². The van der Waals surface area contributed by atoms with Crippen LogP contribution in [0.25, 0.3) is 0 Å². The minimum atomic E-state index is 0.979. The standard InChI is InChI=1S/C14H16NO/c1-12-7-5-6-8-13(12)11-15-16-14-9-3-2-4-10-14/h5-9H,2-4,10H2,1H3. The first-order chi connectivity index (χ1) is 7.86. The van der Waals surface area contributed by atoms with Gasteiger partial charge in [0, 0.05) is 12.0 Å². The van der Waals surface area contributed by atoms with Crippen molar-refractivity contribution in [3.05, 3.63) is 47.2 Å². The third kappa shape index (κ3) is 2.96. The fraction of sp³-hybridized carbons (Fsp3) is 0.357. The molecule has 0 bridgehead atoms. The normalized spacial score (nSPS) is 16.2. The summed E-state index contributed by atoms with van der Waals surface area (Å²) in [5.74, 6) is 0.979. The highest BCUT2D eigenvalue weighted by molar-refractivity contribution is 5.81. The first kappa shape index (κ1) is 10.9. The molecule has 0 unspecified atom stereocenters. The average Bonchev–Trinajstić information content (AvgIpc) is 2.33. The largest absolute Gasteiger partial charge is 0.361 e. The van der Waals surface area contributed by atoms with Gasteiger partial charge in [0.1, 0.15) is 12.0 Å². The second-order valence-corrected chi connectivity index (χ2v) is 4.03. The van der Waals surface area contributed by atoms with Gasteiger partial charge in [0.25, 0.3) is 0 Å². The maximum Gasteiger partial charge on any atom is 0.140 e. The first-order valence-corrected chi connectivity index (χ1v) is 5.74. The van der Waals surface area contributed by atoms with Crippen LogP contribution >= 0.6 is 0 Å². The fourth-order valence-corrected chi connectivity index (χ4v) is 1.72. The molecule has 1 aromatic carbocycles. The summed E-state index contributed by atoms with van der Waals surface area (Å²) in [7, 11) is 0. The molecule has 0 aliphatic heterocycles. The SMILES string of the molecule is Cc1ccccc1[C]=NOC1=CCCCC1. The summed E-state index contributed by atoms with van der Waals surface area (Å²) in [6.45, 7) is 2.04. The maximum absolute atomic E-state index is 5.32. The molecule has 0 saturated carbocycles. The van der Waals surface area contributed by atoms with E-state index in [2.05, 4.69) is 17.4 Å². The highest BCUT2D eigenvalue weighted by Gasteiger charge is 2.03. The van der Waals surface area contributed by atoms with Crippen LogP contribution in [-0.2, 0) is 4.84 Å². The highest BCUT2D eigenvalue weighted by Crippen LogP contribution is 2.18. The summed E-state index contributed by atoms with van der Waals surface area (Å²) in [6.07, 6.45) is 9.61. The Hall–Kier alpha value is -1.57. The van der Waals surface area contributed by atoms with Crippen molar-refractivity contribution in [3.8, 4) is 0 Å². The number of rotatable bonds is 3. The second-order valence-electron chi connectivity index (χ2n) is 4.03. The lowest BCUT2D eigenvalue weighted by molar-refractivity contribution is 0.210. The van der Waals surface area contributed by atoms with E-state index in [1.54, 1.807) is 0 Å². The van der Waals surface area contributed by atoms with Gasteiger partial charge in [-0.15, -0.1) is 0 Å². The zero-order valence-electron chi connectivity index (χ0n) is 9.57. The smallest absolute Gasteiger partial charge is 0.140 e. The molecule has 2 heteroatoms. The van der Waals surface area contributed by atoms with Crippen molar-refractivity contribution in [2.24, 2.45) is 5.16 Å². The molecule has 16 heavy (non-hydrogen) atoms. The Balaban J connectivity index is 1.94.